The van der Waals surface area contributed by atoms with Crippen molar-refractivity contribution in [3.63, 3.8) is 0 Å². The SMILES string of the molecule is C[C@H](NC(=O)c1ccc[nH]c1=S)c1ccc(F)cc1. The third kappa shape index (κ3) is 3.26. The van der Waals surface area contributed by atoms with Crippen LogP contribution in [0.1, 0.15) is 28.9 Å². The molecule has 3 nitrogen and oxygen atoms in total. The first-order valence-electron chi connectivity index (χ1n) is 5.82. The smallest absolute Gasteiger partial charge is 0.254 e. The molecule has 0 bridgehead atoms. The van der Waals surface area contributed by atoms with Crippen LogP contribution in [0.15, 0.2) is 42.6 Å². The Morgan fingerprint density at radius 2 is 2.00 bits per heavy atom. The molecule has 1 aromatic carbocycles. The van der Waals surface area contributed by atoms with Crippen LogP contribution in [0, 0.1) is 10.5 Å². The van der Waals surface area contributed by atoms with E-state index in [0.717, 1.165) is 5.56 Å². The van der Waals surface area contributed by atoms with Gasteiger partial charge in [0.25, 0.3) is 5.91 Å². The lowest BCUT2D eigenvalue weighted by molar-refractivity contribution is 0.0939. The molecule has 0 aliphatic rings. The number of nitrogens with one attached hydrogen (secondary N) is 2. The molecule has 1 amide bonds. The van der Waals surface area contributed by atoms with E-state index in [0.29, 0.717) is 10.2 Å². The number of amides is 1. The molecule has 5 heteroatoms. The Labute approximate surface area is 115 Å². The Hall–Kier alpha value is -2.01. The molecule has 0 aliphatic heterocycles. The van der Waals surface area contributed by atoms with Gasteiger partial charge in [0.05, 0.1) is 11.6 Å². The van der Waals surface area contributed by atoms with E-state index in [1.54, 1.807) is 30.5 Å². The molecule has 0 unspecified atom stereocenters. The lowest BCUT2D eigenvalue weighted by Gasteiger charge is -2.14. The number of aromatic nitrogens is 1. The number of hydrogen-bond donors (Lipinski definition) is 2. The van der Waals surface area contributed by atoms with Crippen molar-refractivity contribution in [1.29, 1.82) is 0 Å². The zero-order valence-corrected chi connectivity index (χ0v) is 11.1. The highest BCUT2D eigenvalue weighted by Crippen LogP contribution is 2.13. The van der Waals surface area contributed by atoms with E-state index < -0.39 is 0 Å². The fraction of sp³-hybridized carbons (Fsp3) is 0.143. The Morgan fingerprint density at radius 1 is 1.32 bits per heavy atom. The van der Waals surface area contributed by atoms with Gasteiger partial charge in [-0.1, -0.05) is 24.4 Å². The van der Waals surface area contributed by atoms with Crippen LogP contribution >= 0.6 is 12.2 Å². The maximum atomic E-state index is 12.8. The van der Waals surface area contributed by atoms with Crippen LogP contribution in [-0.2, 0) is 0 Å². The second kappa shape index (κ2) is 5.75. The number of rotatable bonds is 3. The summed E-state index contributed by atoms with van der Waals surface area (Å²) in [6.07, 6.45) is 1.67. The van der Waals surface area contributed by atoms with Gasteiger partial charge in [-0.3, -0.25) is 4.79 Å². The molecule has 19 heavy (non-hydrogen) atoms. The van der Waals surface area contributed by atoms with Crippen molar-refractivity contribution in [2.75, 3.05) is 0 Å². The van der Waals surface area contributed by atoms with Crippen LogP contribution in [0.2, 0.25) is 0 Å². The minimum absolute atomic E-state index is 0.220. The fourth-order valence-electron chi connectivity index (χ4n) is 1.71. The summed E-state index contributed by atoms with van der Waals surface area (Å²) in [6, 6.07) is 9.18. The molecule has 0 saturated heterocycles. The average Bonchev–Trinajstić information content (AvgIpc) is 2.39. The van der Waals surface area contributed by atoms with E-state index in [-0.39, 0.29) is 17.8 Å². The molecule has 0 spiro atoms. The highest BCUT2D eigenvalue weighted by molar-refractivity contribution is 7.71. The molecular weight excluding hydrogens is 263 g/mol. The van der Waals surface area contributed by atoms with Crippen molar-refractivity contribution < 1.29 is 9.18 Å². The highest BCUT2D eigenvalue weighted by atomic mass is 32.1. The summed E-state index contributed by atoms with van der Waals surface area (Å²) in [6.45, 7) is 1.83. The van der Waals surface area contributed by atoms with Crippen molar-refractivity contribution in [3.05, 3.63) is 64.2 Å². The van der Waals surface area contributed by atoms with Gasteiger partial charge in [0.2, 0.25) is 0 Å². The Kier molecular flexibility index (Phi) is 4.06. The number of carbonyl (C=O) groups is 1. The van der Waals surface area contributed by atoms with Crippen molar-refractivity contribution in [2.45, 2.75) is 13.0 Å². The molecule has 0 fully saturated rings. The molecule has 2 N–H and O–H groups in total. The van der Waals surface area contributed by atoms with Crippen LogP contribution in [0.4, 0.5) is 4.39 Å². The molecule has 2 aromatic rings. The molecule has 2 rings (SSSR count). The Bertz CT molecular complexity index is 636. The largest absolute Gasteiger partial charge is 0.352 e. The van der Waals surface area contributed by atoms with E-state index in [9.17, 15) is 9.18 Å². The molecular formula is C14H13FN2OS. The maximum Gasteiger partial charge on any atom is 0.254 e. The van der Waals surface area contributed by atoms with Gasteiger partial charge in [-0.05, 0) is 36.8 Å². The van der Waals surface area contributed by atoms with Gasteiger partial charge in [-0.2, -0.15) is 0 Å². The van der Waals surface area contributed by atoms with Gasteiger partial charge >= 0.3 is 0 Å². The van der Waals surface area contributed by atoms with E-state index in [1.807, 2.05) is 6.92 Å². The first-order valence-corrected chi connectivity index (χ1v) is 6.23. The molecule has 98 valence electrons. The minimum Gasteiger partial charge on any atom is -0.352 e. The second-order valence-electron chi connectivity index (χ2n) is 4.16. The van der Waals surface area contributed by atoms with Crippen LogP contribution in [0.3, 0.4) is 0 Å². The highest BCUT2D eigenvalue weighted by Gasteiger charge is 2.12. The van der Waals surface area contributed by atoms with Gasteiger partial charge in [-0.25, -0.2) is 4.39 Å². The van der Waals surface area contributed by atoms with Gasteiger partial charge < -0.3 is 10.3 Å². The molecule has 1 atom stereocenters. The number of hydrogen-bond acceptors (Lipinski definition) is 2. The van der Waals surface area contributed by atoms with Crippen molar-refractivity contribution >= 4 is 18.1 Å². The van der Waals surface area contributed by atoms with Gasteiger partial charge in [0.15, 0.2) is 0 Å². The normalized spacial score (nSPS) is 11.9. The first-order chi connectivity index (χ1) is 9.08. The lowest BCUT2D eigenvalue weighted by Crippen LogP contribution is -2.27. The van der Waals surface area contributed by atoms with Crippen LogP contribution in [0.25, 0.3) is 0 Å². The van der Waals surface area contributed by atoms with Crippen LogP contribution < -0.4 is 5.32 Å². The molecule has 1 aromatic heterocycles. The molecule has 0 aliphatic carbocycles. The molecule has 1 heterocycles. The van der Waals surface area contributed by atoms with Gasteiger partial charge in [-0.15, -0.1) is 0 Å². The topological polar surface area (TPSA) is 44.9 Å². The quantitative estimate of drug-likeness (QED) is 0.844. The van der Waals surface area contributed by atoms with Gasteiger partial charge in [0.1, 0.15) is 10.5 Å². The van der Waals surface area contributed by atoms with Crippen molar-refractivity contribution in [3.8, 4) is 0 Å². The van der Waals surface area contributed by atoms with E-state index in [1.165, 1.54) is 12.1 Å². The fourth-order valence-corrected chi connectivity index (χ4v) is 1.94. The monoisotopic (exact) mass is 276 g/mol. The summed E-state index contributed by atoms with van der Waals surface area (Å²) in [4.78, 5) is 14.8. The summed E-state index contributed by atoms with van der Waals surface area (Å²) in [5.41, 5.74) is 1.26. The number of halogens is 1. The number of pyridine rings is 1. The summed E-state index contributed by atoms with van der Waals surface area (Å²) < 4.78 is 13.2. The minimum atomic E-state index is -0.298. The third-order valence-corrected chi connectivity index (χ3v) is 3.12. The summed E-state index contributed by atoms with van der Waals surface area (Å²) >= 11 is 5.05. The predicted molar refractivity (Wildman–Crippen MR) is 73.9 cm³/mol. The summed E-state index contributed by atoms with van der Waals surface area (Å²) in [5, 5.41) is 2.82. The van der Waals surface area contributed by atoms with Crippen LogP contribution in [-0.4, -0.2) is 10.9 Å². The summed E-state index contributed by atoms with van der Waals surface area (Å²) in [7, 11) is 0. The Morgan fingerprint density at radius 3 is 2.63 bits per heavy atom. The van der Waals surface area contributed by atoms with E-state index in [2.05, 4.69) is 10.3 Å². The number of aromatic amines is 1. The number of carbonyl (C=O) groups excluding carboxylic acids is 1. The van der Waals surface area contributed by atoms with Gasteiger partial charge in [0, 0.05) is 6.20 Å². The average molecular weight is 276 g/mol. The Balaban J connectivity index is 2.13. The standard InChI is InChI=1S/C14H13FN2OS/c1-9(10-4-6-11(15)7-5-10)17-13(18)12-3-2-8-16-14(12)19/h2-9H,1H3,(H,16,19)(H,17,18)/t9-/m0/s1. The van der Waals surface area contributed by atoms with E-state index >= 15 is 0 Å². The zero-order valence-electron chi connectivity index (χ0n) is 10.3. The van der Waals surface area contributed by atoms with Crippen molar-refractivity contribution in [2.24, 2.45) is 0 Å². The van der Waals surface area contributed by atoms with Crippen LogP contribution in [0.5, 0.6) is 0 Å². The summed E-state index contributed by atoms with van der Waals surface area (Å²) in [5.74, 6) is -0.550. The van der Waals surface area contributed by atoms with Crippen molar-refractivity contribution in [1.82, 2.24) is 10.3 Å². The third-order valence-electron chi connectivity index (χ3n) is 2.78. The molecule has 0 radical (unpaired) electrons. The lowest BCUT2D eigenvalue weighted by atomic mass is 10.1. The second-order valence-corrected chi connectivity index (χ2v) is 4.57. The maximum absolute atomic E-state index is 12.8. The number of H-pyrrole nitrogens is 1. The first kappa shape index (κ1) is 13.4. The zero-order chi connectivity index (χ0) is 13.8. The predicted octanol–water partition coefficient (Wildman–Crippen LogP) is 3.37. The number of benzene rings is 1. The molecule has 0 saturated carbocycles. The van der Waals surface area contributed by atoms with E-state index in [4.69, 9.17) is 12.2 Å².